The summed E-state index contributed by atoms with van der Waals surface area (Å²) in [6.45, 7) is 5.79. The molecular weight excluding hydrogens is 352 g/mol. The zero-order valence-corrected chi connectivity index (χ0v) is 16.1. The summed E-state index contributed by atoms with van der Waals surface area (Å²) in [5.74, 6) is -0.733. The smallest absolute Gasteiger partial charge is 0.337 e. The van der Waals surface area contributed by atoms with Crippen LogP contribution in [0.4, 0.5) is 0 Å². The molecule has 0 radical (unpaired) electrons. The molecule has 3 aromatic rings. The van der Waals surface area contributed by atoms with Gasteiger partial charge in [0.05, 0.1) is 28.6 Å². The van der Waals surface area contributed by atoms with Crippen molar-refractivity contribution in [3.63, 3.8) is 0 Å². The Balaban J connectivity index is 2.08. The van der Waals surface area contributed by atoms with E-state index in [2.05, 4.69) is 10.1 Å². The molecule has 0 bridgehead atoms. The minimum Gasteiger partial charge on any atom is -0.465 e. The van der Waals surface area contributed by atoms with E-state index in [0.29, 0.717) is 16.1 Å². The van der Waals surface area contributed by atoms with Crippen LogP contribution in [0.15, 0.2) is 29.3 Å². The summed E-state index contributed by atoms with van der Waals surface area (Å²) in [5, 5.41) is 4.36. The Morgan fingerprint density at radius 3 is 2.65 bits per heavy atom. The topological polar surface area (TPSA) is 78.5 Å². The van der Waals surface area contributed by atoms with Crippen LogP contribution in [0, 0.1) is 6.92 Å². The largest absolute Gasteiger partial charge is 0.465 e. The Bertz CT molecular complexity index is 1070. The Morgan fingerprint density at radius 2 is 2.00 bits per heavy atom. The van der Waals surface area contributed by atoms with Crippen molar-refractivity contribution in [3.05, 3.63) is 46.0 Å². The number of hydrogen-bond acceptors (Lipinski definition) is 5. The van der Waals surface area contributed by atoms with Crippen molar-refractivity contribution in [1.29, 1.82) is 0 Å². The van der Waals surface area contributed by atoms with Gasteiger partial charge in [-0.15, -0.1) is 0 Å². The molecule has 1 amide bonds. The van der Waals surface area contributed by atoms with E-state index in [0.717, 1.165) is 15.9 Å². The number of methoxy groups -OCH3 is 1. The summed E-state index contributed by atoms with van der Waals surface area (Å²) in [5.41, 5.74) is 2.60. The van der Waals surface area contributed by atoms with Crippen molar-refractivity contribution in [2.75, 3.05) is 7.11 Å². The number of esters is 1. The van der Waals surface area contributed by atoms with Crippen molar-refractivity contribution in [3.8, 4) is 0 Å². The summed E-state index contributed by atoms with van der Waals surface area (Å²) in [7, 11) is 3.19. The van der Waals surface area contributed by atoms with Crippen LogP contribution in [0.1, 0.15) is 46.4 Å². The number of carbonyl (C=O) groups excluding carboxylic acids is 2. The summed E-state index contributed by atoms with van der Waals surface area (Å²) < 4.78 is 9.13. The first-order chi connectivity index (χ1) is 12.3. The van der Waals surface area contributed by atoms with Crippen molar-refractivity contribution in [2.45, 2.75) is 26.8 Å². The Morgan fingerprint density at radius 1 is 1.27 bits per heavy atom. The van der Waals surface area contributed by atoms with Crippen molar-refractivity contribution < 1.29 is 14.3 Å². The minimum atomic E-state index is -0.395. The van der Waals surface area contributed by atoms with Gasteiger partial charge < -0.3 is 9.30 Å². The summed E-state index contributed by atoms with van der Waals surface area (Å²) in [6.07, 6.45) is 0. The fourth-order valence-electron chi connectivity index (χ4n) is 2.70. The molecule has 0 aliphatic heterocycles. The van der Waals surface area contributed by atoms with Gasteiger partial charge >= 0.3 is 5.97 Å². The molecule has 7 nitrogen and oxygen atoms in total. The van der Waals surface area contributed by atoms with Gasteiger partial charge in [0.1, 0.15) is 5.69 Å². The number of benzene rings is 1. The van der Waals surface area contributed by atoms with E-state index in [9.17, 15) is 9.59 Å². The molecule has 8 heteroatoms. The molecule has 0 saturated heterocycles. The quantitative estimate of drug-likeness (QED) is 0.662. The first-order valence-electron chi connectivity index (χ1n) is 8.15. The minimum absolute atomic E-state index is 0.0663. The van der Waals surface area contributed by atoms with Gasteiger partial charge in [-0.05, 0) is 45.0 Å². The van der Waals surface area contributed by atoms with Gasteiger partial charge in [-0.25, -0.2) is 4.79 Å². The first-order valence-corrected chi connectivity index (χ1v) is 8.96. The van der Waals surface area contributed by atoms with Crippen molar-refractivity contribution >= 4 is 33.4 Å². The number of aromatic nitrogens is 3. The third-order valence-electron chi connectivity index (χ3n) is 3.99. The predicted octanol–water partition coefficient (Wildman–Crippen LogP) is 2.85. The summed E-state index contributed by atoms with van der Waals surface area (Å²) >= 11 is 1.35. The molecule has 0 N–H and O–H groups in total. The fourth-order valence-corrected chi connectivity index (χ4v) is 3.76. The molecule has 0 unspecified atom stereocenters. The molecule has 0 fully saturated rings. The number of amides is 1. The third-order valence-corrected chi connectivity index (χ3v) is 5.09. The highest BCUT2D eigenvalue weighted by Crippen LogP contribution is 2.19. The van der Waals surface area contributed by atoms with E-state index in [1.165, 1.54) is 18.4 Å². The second-order valence-corrected chi connectivity index (χ2v) is 7.25. The van der Waals surface area contributed by atoms with E-state index in [-0.39, 0.29) is 11.9 Å². The molecular formula is C18H20N4O3S. The molecule has 136 valence electrons. The number of aryl methyl sites for hydroxylation is 2. The second kappa shape index (κ2) is 6.87. The maximum atomic E-state index is 12.7. The standard InChI is InChI=1S/C18H20N4O3S/c1-10(2)22-14(8-11(3)20-22)16(23)19-18-21(4)13-7-6-12(17(24)25-5)9-15(13)26-18/h6-10H,1-5H3. The van der Waals surface area contributed by atoms with E-state index in [1.807, 2.05) is 38.5 Å². The molecule has 0 aliphatic carbocycles. The van der Waals surface area contributed by atoms with E-state index in [1.54, 1.807) is 22.9 Å². The Labute approximate surface area is 154 Å². The predicted molar refractivity (Wildman–Crippen MR) is 99.4 cm³/mol. The monoisotopic (exact) mass is 372 g/mol. The average molecular weight is 372 g/mol. The van der Waals surface area contributed by atoms with E-state index >= 15 is 0 Å². The normalized spacial score (nSPS) is 12.2. The lowest BCUT2D eigenvalue weighted by molar-refractivity contribution is 0.0601. The zero-order chi connectivity index (χ0) is 19.0. The average Bonchev–Trinajstić information content (AvgIpc) is 3.15. The third kappa shape index (κ3) is 3.20. The van der Waals surface area contributed by atoms with Gasteiger partial charge in [-0.2, -0.15) is 10.1 Å². The molecule has 2 heterocycles. The maximum absolute atomic E-state index is 12.7. The SMILES string of the molecule is COC(=O)c1ccc2c(c1)sc(=NC(=O)c1cc(C)nn1C(C)C)n2C. The van der Waals surface area contributed by atoms with E-state index < -0.39 is 5.97 Å². The van der Waals surface area contributed by atoms with Gasteiger partial charge in [-0.3, -0.25) is 9.48 Å². The zero-order valence-electron chi connectivity index (χ0n) is 15.3. The Kier molecular flexibility index (Phi) is 4.78. The van der Waals surface area contributed by atoms with Crippen LogP contribution in [0.3, 0.4) is 0 Å². The second-order valence-electron chi connectivity index (χ2n) is 6.24. The highest BCUT2D eigenvalue weighted by molar-refractivity contribution is 7.16. The maximum Gasteiger partial charge on any atom is 0.337 e. The van der Waals surface area contributed by atoms with E-state index in [4.69, 9.17) is 4.74 Å². The molecule has 3 rings (SSSR count). The lowest BCUT2D eigenvalue weighted by atomic mass is 10.2. The number of carbonyl (C=O) groups is 2. The number of fused-ring (bicyclic) bond motifs is 1. The van der Waals surface area contributed by atoms with Crippen molar-refractivity contribution in [2.24, 2.45) is 12.0 Å². The van der Waals surface area contributed by atoms with Crippen LogP contribution in [-0.2, 0) is 11.8 Å². The molecule has 0 aliphatic rings. The van der Waals surface area contributed by atoms with Crippen LogP contribution in [-0.4, -0.2) is 33.3 Å². The van der Waals surface area contributed by atoms with Crippen LogP contribution >= 0.6 is 11.3 Å². The summed E-state index contributed by atoms with van der Waals surface area (Å²) in [6, 6.07) is 7.08. The highest BCUT2D eigenvalue weighted by Gasteiger charge is 2.16. The first kappa shape index (κ1) is 18.1. The number of rotatable bonds is 3. The highest BCUT2D eigenvalue weighted by atomic mass is 32.1. The lowest BCUT2D eigenvalue weighted by Gasteiger charge is -2.07. The van der Waals surface area contributed by atoms with Crippen LogP contribution < -0.4 is 4.80 Å². The van der Waals surface area contributed by atoms with Gasteiger partial charge in [0, 0.05) is 13.1 Å². The molecule has 26 heavy (non-hydrogen) atoms. The van der Waals surface area contributed by atoms with Crippen LogP contribution in [0.5, 0.6) is 0 Å². The number of ether oxygens (including phenoxy) is 1. The van der Waals surface area contributed by atoms with Gasteiger partial charge in [0.2, 0.25) is 0 Å². The molecule has 0 saturated carbocycles. The fraction of sp³-hybridized carbons (Fsp3) is 0.333. The Hall–Kier alpha value is -2.74. The molecule has 1 aromatic carbocycles. The lowest BCUT2D eigenvalue weighted by Crippen LogP contribution is -2.16. The summed E-state index contributed by atoms with van der Waals surface area (Å²) in [4.78, 5) is 29.2. The molecule has 2 aromatic heterocycles. The number of nitrogens with zero attached hydrogens (tertiary/aromatic N) is 4. The van der Waals surface area contributed by atoms with Crippen LogP contribution in [0.2, 0.25) is 0 Å². The number of thiazole rings is 1. The van der Waals surface area contributed by atoms with Gasteiger partial charge in [0.15, 0.2) is 4.80 Å². The number of hydrogen-bond donors (Lipinski definition) is 0. The van der Waals surface area contributed by atoms with Crippen LogP contribution in [0.25, 0.3) is 10.2 Å². The molecule has 0 spiro atoms. The van der Waals surface area contributed by atoms with Gasteiger partial charge in [-0.1, -0.05) is 11.3 Å². The van der Waals surface area contributed by atoms with Crippen molar-refractivity contribution in [1.82, 2.24) is 14.3 Å². The molecule has 0 atom stereocenters. The van der Waals surface area contributed by atoms with Gasteiger partial charge in [0.25, 0.3) is 5.91 Å².